The van der Waals surface area contributed by atoms with Gasteiger partial charge in [0.05, 0.1) is 5.75 Å². The van der Waals surface area contributed by atoms with Crippen LogP contribution in [0.4, 0.5) is 0 Å². The predicted octanol–water partition coefficient (Wildman–Crippen LogP) is 6.87. The molecule has 32 heavy (non-hydrogen) atoms. The second kappa shape index (κ2) is 13.6. The zero-order chi connectivity index (χ0) is 23.7. The van der Waals surface area contributed by atoms with Crippen molar-refractivity contribution < 1.29 is 9.59 Å². The van der Waals surface area contributed by atoms with Crippen LogP contribution in [-0.4, -0.2) is 35.1 Å². The first kappa shape index (κ1) is 27.1. The molecule has 0 aliphatic heterocycles. The summed E-state index contributed by atoms with van der Waals surface area (Å²) in [5, 5.41) is 4.92. The van der Waals surface area contributed by atoms with Gasteiger partial charge in [-0.2, -0.15) is 0 Å². The van der Waals surface area contributed by atoms with Crippen LogP contribution in [0.15, 0.2) is 36.4 Å². The van der Waals surface area contributed by atoms with Crippen molar-refractivity contribution in [1.29, 1.82) is 0 Å². The molecule has 2 rings (SSSR count). The fourth-order valence-corrected chi connectivity index (χ4v) is 4.93. The first-order valence-corrected chi connectivity index (χ1v) is 12.9. The van der Waals surface area contributed by atoms with Crippen molar-refractivity contribution in [3.63, 3.8) is 0 Å². The van der Waals surface area contributed by atoms with Crippen LogP contribution in [0.3, 0.4) is 0 Å². The monoisotopic (exact) mass is 534 g/mol. The van der Waals surface area contributed by atoms with Crippen LogP contribution in [0.25, 0.3) is 0 Å². The molecule has 0 spiro atoms. The van der Waals surface area contributed by atoms with Crippen molar-refractivity contribution in [3.05, 3.63) is 67.6 Å². The molecule has 1 atom stereocenters. The van der Waals surface area contributed by atoms with Gasteiger partial charge in [-0.3, -0.25) is 9.59 Å². The van der Waals surface area contributed by atoms with E-state index in [0.29, 0.717) is 38.0 Å². The summed E-state index contributed by atoms with van der Waals surface area (Å²) in [5.41, 5.74) is 1.50. The first-order valence-electron chi connectivity index (χ1n) is 10.3. The molecule has 9 heteroatoms. The van der Waals surface area contributed by atoms with Crippen LogP contribution in [0.2, 0.25) is 20.1 Å². The van der Waals surface area contributed by atoms with Gasteiger partial charge in [0.15, 0.2) is 0 Å². The fourth-order valence-electron chi connectivity index (χ4n) is 2.94. The SMILES string of the molecule is CCCCNC(=O)C(C)N(Cc1c(Cl)cccc1Cl)C(=O)CSCc1ccc(Cl)cc1Cl. The average Bonchev–Trinajstić information content (AvgIpc) is 2.74. The van der Waals surface area contributed by atoms with Crippen molar-refractivity contribution in [2.45, 2.75) is 45.0 Å². The molecule has 0 aromatic heterocycles. The smallest absolute Gasteiger partial charge is 0.242 e. The Morgan fingerprint density at radius 3 is 2.38 bits per heavy atom. The lowest BCUT2D eigenvalue weighted by atomic mass is 10.1. The molecule has 1 unspecified atom stereocenters. The van der Waals surface area contributed by atoms with Crippen LogP contribution in [0.5, 0.6) is 0 Å². The molecule has 1 N–H and O–H groups in total. The van der Waals surface area contributed by atoms with Crippen molar-refractivity contribution >= 4 is 70.0 Å². The van der Waals surface area contributed by atoms with Gasteiger partial charge in [-0.1, -0.05) is 71.9 Å². The molecule has 0 saturated heterocycles. The highest BCUT2D eigenvalue weighted by molar-refractivity contribution is 7.99. The van der Waals surface area contributed by atoms with E-state index in [2.05, 4.69) is 12.2 Å². The minimum Gasteiger partial charge on any atom is -0.354 e. The molecule has 4 nitrogen and oxygen atoms in total. The van der Waals surface area contributed by atoms with E-state index < -0.39 is 6.04 Å². The van der Waals surface area contributed by atoms with E-state index in [0.717, 1.165) is 18.4 Å². The summed E-state index contributed by atoms with van der Waals surface area (Å²) in [6.07, 6.45) is 1.84. The number of carbonyl (C=O) groups is 2. The standard InChI is InChI=1S/C23H26Cl4N2O2S/c1-3-4-10-28-23(31)15(2)29(12-18-19(25)6-5-7-20(18)26)22(30)14-32-13-16-8-9-17(24)11-21(16)27/h5-9,11,15H,3-4,10,12-14H2,1-2H3,(H,28,31). The normalized spacial score (nSPS) is 11.8. The molecule has 0 heterocycles. The van der Waals surface area contributed by atoms with Gasteiger partial charge < -0.3 is 10.2 Å². The van der Waals surface area contributed by atoms with Crippen molar-refractivity contribution in [2.24, 2.45) is 0 Å². The summed E-state index contributed by atoms with van der Waals surface area (Å²) in [5.74, 6) is 0.322. The van der Waals surface area contributed by atoms with Crippen molar-refractivity contribution in [2.75, 3.05) is 12.3 Å². The quantitative estimate of drug-likeness (QED) is 0.319. The molecule has 0 aliphatic rings. The Labute approximate surface area is 213 Å². The van der Waals surface area contributed by atoms with Gasteiger partial charge >= 0.3 is 0 Å². The number of hydrogen-bond donors (Lipinski definition) is 1. The summed E-state index contributed by atoms with van der Waals surface area (Å²) >= 11 is 26.2. The molecule has 2 aromatic rings. The Kier molecular flexibility index (Phi) is 11.5. The third kappa shape index (κ3) is 8.03. The molecule has 0 saturated carbocycles. The highest BCUT2D eigenvalue weighted by atomic mass is 35.5. The van der Waals surface area contributed by atoms with Crippen molar-refractivity contribution in [3.8, 4) is 0 Å². The highest BCUT2D eigenvalue weighted by Crippen LogP contribution is 2.28. The number of unbranched alkanes of at least 4 members (excludes halogenated alkanes) is 1. The van der Waals surface area contributed by atoms with E-state index >= 15 is 0 Å². The molecule has 174 valence electrons. The third-order valence-corrected chi connectivity index (χ3v) is 7.15. The summed E-state index contributed by atoms with van der Waals surface area (Å²) < 4.78 is 0. The van der Waals surface area contributed by atoms with E-state index in [1.165, 1.54) is 16.7 Å². The van der Waals surface area contributed by atoms with E-state index in [1.807, 2.05) is 6.07 Å². The van der Waals surface area contributed by atoms with E-state index in [9.17, 15) is 9.59 Å². The Balaban J connectivity index is 2.13. The average molecular weight is 536 g/mol. The number of carbonyl (C=O) groups excluding carboxylic acids is 2. The second-order valence-electron chi connectivity index (χ2n) is 7.27. The molecule has 2 aromatic carbocycles. The zero-order valence-corrected chi connectivity index (χ0v) is 21.8. The first-order chi connectivity index (χ1) is 15.2. The topological polar surface area (TPSA) is 49.4 Å². The van der Waals surface area contributed by atoms with Crippen molar-refractivity contribution in [1.82, 2.24) is 10.2 Å². The zero-order valence-electron chi connectivity index (χ0n) is 18.0. The second-order valence-corrected chi connectivity index (χ2v) is 9.91. The lowest BCUT2D eigenvalue weighted by Gasteiger charge is -2.29. The van der Waals surface area contributed by atoms with Crippen LogP contribution in [0, 0.1) is 0 Å². The molecule has 0 fully saturated rings. The van der Waals surface area contributed by atoms with Crippen LogP contribution >= 0.6 is 58.2 Å². The highest BCUT2D eigenvalue weighted by Gasteiger charge is 2.27. The number of thioether (sulfide) groups is 1. The number of halogens is 4. The van der Waals surface area contributed by atoms with Gasteiger partial charge in [-0.05, 0) is 43.2 Å². The van der Waals surface area contributed by atoms with Gasteiger partial charge in [-0.15, -0.1) is 11.8 Å². The molecule has 0 bridgehead atoms. The fraction of sp³-hybridized carbons (Fsp3) is 0.391. The van der Waals surface area contributed by atoms with Crippen LogP contribution < -0.4 is 5.32 Å². The number of rotatable bonds is 11. The summed E-state index contributed by atoms with van der Waals surface area (Å²) in [6.45, 7) is 4.47. The largest absolute Gasteiger partial charge is 0.354 e. The molecular formula is C23H26Cl4N2O2S. The third-order valence-electron chi connectivity index (χ3n) is 4.89. The van der Waals surface area contributed by atoms with E-state index in [1.54, 1.807) is 37.3 Å². The summed E-state index contributed by atoms with van der Waals surface area (Å²) in [7, 11) is 0. The van der Waals surface area contributed by atoms with Crippen LogP contribution in [0.1, 0.15) is 37.8 Å². The Morgan fingerprint density at radius 2 is 1.75 bits per heavy atom. The Morgan fingerprint density at radius 1 is 1.06 bits per heavy atom. The van der Waals surface area contributed by atoms with Gasteiger partial charge in [0.2, 0.25) is 11.8 Å². The maximum Gasteiger partial charge on any atom is 0.242 e. The number of benzene rings is 2. The summed E-state index contributed by atoms with van der Waals surface area (Å²) in [4.78, 5) is 27.4. The number of hydrogen-bond acceptors (Lipinski definition) is 3. The maximum atomic E-state index is 13.2. The lowest BCUT2D eigenvalue weighted by molar-refractivity contribution is -0.138. The van der Waals surface area contributed by atoms with E-state index in [-0.39, 0.29) is 24.1 Å². The number of nitrogens with zero attached hydrogens (tertiary/aromatic N) is 1. The molecule has 0 aliphatic carbocycles. The summed E-state index contributed by atoms with van der Waals surface area (Å²) in [6, 6.07) is 9.78. The van der Waals surface area contributed by atoms with Crippen LogP contribution in [-0.2, 0) is 21.9 Å². The minimum atomic E-state index is -0.675. The van der Waals surface area contributed by atoms with Gasteiger partial charge in [0, 0.05) is 44.5 Å². The maximum absolute atomic E-state index is 13.2. The molecule has 2 amide bonds. The molecule has 0 radical (unpaired) electrons. The number of amides is 2. The molecular weight excluding hydrogens is 510 g/mol. The predicted molar refractivity (Wildman–Crippen MR) is 137 cm³/mol. The lowest BCUT2D eigenvalue weighted by Crippen LogP contribution is -2.48. The Bertz CT molecular complexity index is 922. The Hall–Kier alpha value is -1.11. The van der Waals surface area contributed by atoms with Gasteiger partial charge in [0.25, 0.3) is 0 Å². The van der Waals surface area contributed by atoms with Gasteiger partial charge in [-0.25, -0.2) is 0 Å². The number of nitrogens with one attached hydrogen (secondary N) is 1. The van der Waals surface area contributed by atoms with Gasteiger partial charge in [0.1, 0.15) is 6.04 Å². The van der Waals surface area contributed by atoms with E-state index in [4.69, 9.17) is 46.4 Å². The minimum absolute atomic E-state index is 0.141.